The Morgan fingerprint density at radius 3 is 2.47 bits per heavy atom. The highest BCUT2D eigenvalue weighted by Gasteiger charge is 2.55. The van der Waals surface area contributed by atoms with Crippen LogP contribution in [0.1, 0.15) is 40.5 Å². The van der Waals surface area contributed by atoms with Crippen LogP contribution in [0, 0.1) is 17.8 Å². The molecule has 0 heterocycles. The van der Waals surface area contributed by atoms with Crippen molar-refractivity contribution in [2.24, 2.45) is 17.8 Å². The zero-order valence-corrected chi connectivity index (χ0v) is 18.0. The van der Waals surface area contributed by atoms with E-state index in [1.54, 1.807) is 0 Å². The molecule has 4 aliphatic carbocycles. The number of hydrogen-bond acceptors (Lipinski definition) is 1. The molecule has 1 nitrogen and oxygen atoms in total. The molecule has 2 bridgehead atoms. The lowest BCUT2D eigenvalue weighted by atomic mass is 9.72. The summed E-state index contributed by atoms with van der Waals surface area (Å²) in [5.41, 5.74) is 6.07. The number of hydrogen-bond donors (Lipinski definition) is 0. The van der Waals surface area contributed by atoms with Gasteiger partial charge >= 0.3 is 0 Å². The van der Waals surface area contributed by atoms with Crippen molar-refractivity contribution >= 4 is 17.9 Å². The lowest BCUT2D eigenvalue weighted by Crippen LogP contribution is -2.21. The third-order valence-corrected chi connectivity index (χ3v) is 7.32. The summed E-state index contributed by atoms with van der Waals surface area (Å²) < 4.78 is 0. The monoisotopic (exact) mass is 414 g/mol. The summed E-state index contributed by atoms with van der Waals surface area (Å²) in [5.74, 6) is 1.48. The van der Waals surface area contributed by atoms with Crippen LogP contribution in [0.3, 0.4) is 0 Å². The lowest BCUT2D eigenvalue weighted by molar-refractivity contribution is -0.119. The van der Waals surface area contributed by atoms with Crippen LogP contribution in [0.15, 0.2) is 109 Å². The van der Waals surface area contributed by atoms with Crippen LogP contribution < -0.4 is 0 Å². The summed E-state index contributed by atoms with van der Waals surface area (Å²) in [6.45, 7) is 0. The van der Waals surface area contributed by atoms with Crippen LogP contribution in [0.5, 0.6) is 0 Å². The fraction of sp³-hybridized carbons (Fsp3) is 0.194. The zero-order valence-electron chi connectivity index (χ0n) is 18.0. The van der Waals surface area contributed by atoms with Gasteiger partial charge < -0.3 is 0 Å². The van der Waals surface area contributed by atoms with Gasteiger partial charge in [0.2, 0.25) is 0 Å². The van der Waals surface area contributed by atoms with Crippen LogP contribution in [0.4, 0.5) is 0 Å². The minimum absolute atomic E-state index is 0.00881. The smallest absolute Gasteiger partial charge is 0.149 e. The van der Waals surface area contributed by atoms with E-state index in [0.717, 1.165) is 12.0 Å². The molecule has 0 saturated heterocycles. The first-order chi connectivity index (χ1) is 15.8. The van der Waals surface area contributed by atoms with Crippen LogP contribution in [0.2, 0.25) is 0 Å². The molecule has 1 heteroatoms. The topological polar surface area (TPSA) is 17.1 Å². The number of fused-ring (bicyclic) bond motifs is 8. The van der Waals surface area contributed by atoms with Gasteiger partial charge in [0.15, 0.2) is 0 Å². The molecule has 2 aromatic rings. The SMILES string of the molecule is O=C1[C@@H]2c3ccc(C=Cc4ccccc4)cc3[C@H]1C1C=CC(C=CC3C=CC=CC3)=CC12. The Balaban J connectivity index is 1.26. The van der Waals surface area contributed by atoms with Crippen molar-refractivity contribution in [1.29, 1.82) is 0 Å². The quantitative estimate of drug-likeness (QED) is 0.491. The molecule has 1 saturated carbocycles. The number of Topliss-reactive ketones (excluding diaryl/α,β-unsaturated/α-hetero) is 1. The van der Waals surface area contributed by atoms with Crippen molar-refractivity contribution in [2.45, 2.75) is 18.3 Å². The van der Waals surface area contributed by atoms with Crippen molar-refractivity contribution in [2.75, 3.05) is 0 Å². The Morgan fingerprint density at radius 1 is 0.781 bits per heavy atom. The van der Waals surface area contributed by atoms with Crippen LogP contribution in [-0.4, -0.2) is 5.78 Å². The third kappa shape index (κ3) is 3.29. The molecule has 0 aromatic heterocycles. The molecule has 3 unspecified atom stereocenters. The fourth-order valence-corrected chi connectivity index (χ4v) is 5.78. The predicted octanol–water partition coefficient (Wildman–Crippen LogP) is 7.04. The van der Waals surface area contributed by atoms with E-state index in [9.17, 15) is 4.79 Å². The van der Waals surface area contributed by atoms with E-state index < -0.39 is 0 Å². The number of carbonyl (C=O) groups excluding carboxylic acids is 1. The minimum atomic E-state index is 0.00881. The Labute approximate surface area is 189 Å². The molecule has 0 amide bonds. The molecule has 4 aliphatic rings. The average Bonchev–Trinajstić information content (AvgIpc) is 3.29. The first-order valence-electron chi connectivity index (χ1n) is 11.6. The summed E-state index contributed by atoms with van der Waals surface area (Å²) in [5, 5.41) is 0. The molecule has 32 heavy (non-hydrogen) atoms. The van der Waals surface area contributed by atoms with Gasteiger partial charge in [0.05, 0.1) is 11.8 Å². The highest BCUT2D eigenvalue weighted by molar-refractivity contribution is 6.01. The molecule has 2 aromatic carbocycles. The number of ketones is 1. The van der Waals surface area contributed by atoms with Crippen molar-refractivity contribution in [3.05, 3.63) is 131 Å². The maximum Gasteiger partial charge on any atom is 0.149 e. The van der Waals surface area contributed by atoms with Crippen molar-refractivity contribution in [1.82, 2.24) is 0 Å². The Kier molecular flexibility index (Phi) is 4.76. The van der Waals surface area contributed by atoms with Gasteiger partial charge in [-0.25, -0.2) is 0 Å². The van der Waals surface area contributed by atoms with Crippen molar-refractivity contribution in [3.8, 4) is 0 Å². The van der Waals surface area contributed by atoms with E-state index in [0.29, 0.717) is 17.6 Å². The molecule has 0 N–H and O–H groups in total. The van der Waals surface area contributed by atoms with Gasteiger partial charge in [-0.3, -0.25) is 4.79 Å². The van der Waals surface area contributed by atoms with Gasteiger partial charge in [-0.2, -0.15) is 0 Å². The van der Waals surface area contributed by atoms with Crippen LogP contribution in [0.25, 0.3) is 12.2 Å². The second-order valence-electron chi connectivity index (χ2n) is 9.24. The van der Waals surface area contributed by atoms with Gasteiger partial charge in [0.25, 0.3) is 0 Å². The fourth-order valence-electron chi connectivity index (χ4n) is 5.78. The normalized spacial score (nSPS) is 29.7. The van der Waals surface area contributed by atoms with Gasteiger partial charge in [-0.05, 0) is 52.0 Å². The van der Waals surface area contributed by atoms with Gasteiger partial charge in [0, 0.05) is 0 Å². The molecule has 0 spiro atoms. The van der Waals surface area contributed by atoms with E-state index in [1.165, 1.54) is 22.3 Å². The summed E-state index contributed by atoms with van der Waals surface area (Å²) in [6, 6.07) is 16.9. The van der Waals surface area contributed by atoms with E-state index in [1.807, 2.05) is 6.07 Å². The van der Waals surface area contributed by atoms with E-state index in [2.05, 4.69) is 109 Å². The Hall–Kier alpha value is -3.45. The summed E-state index contributed by atoms with van der Waals surface area (Å²) in [7, 11) is 0. The zero-order chi connectivity index (χ0) is 21.5. The number of benzene rings is 2. The predicted molar refractivity (Wildman–Crippen MR) is 132 cm³/mol. The van der Waals surface area contributed by atoms with Crippen LogP contribution >= 0.6 is 0 Å². The maximum absolute atomic E-state index is 13.3. The Bertz CT molecular complexity index is 1230. The van der Waals surface area contributed by atoms with Gasteiger partial charge in [-0.15, -0.1) is 0 Å². The molecular formula is C31H26O. The van der Waals surface area contributed by atoms with Crippen molar-refractivity contribution in [3.63, 3.8) is 0 Å². The maximum atomic E-state index is 13.3. The minimum Gasteiger partial charge on any atom is -0.298 e. The Morgan fingerprint density at radius 2 is 1.62 bits per heavy atom. The first-order valence-corrected chi connectivity index (χ1v) is 11.6. The highest BCUT2D eigenvalue weighted by Crippen LogP contribution is 2.59. The summed E-state index contributed by atoms with van der Waals surface area (Å²) in [6.07, 6.45) is 25.4. The molecule has 156 valence electrons. The van der Waals surface area contributed by atoms with Gasteiger partial charge in [-0.1, -0.05) is 115 Å². The highest BCUT2D eigenvalue weighted by atomic mass is 16.1. The number of carbonyl (C=O) groups is 1. The lowest BCUT2D eigenvalue weighted by Gasteiger charge is -2.30. The molecular weight excluding hydrogens is 388 g/mol. The van der Waals surface area contributed by atoms with Gasteiger partial charge in [0.1, 0.15) is 5.78 Å². The number of allylic oxidation sites excluding steroid dienone is 10. The summed E-state index contributed by atoms with van der Waals surface area (Å²) in [4.78, 5) is 13.3. The molecule has 6 rings (SSSR count). The van der Waals surface area contributed by atoms with E-state index in [-0.39, 0.29) is 17.8 Å². The third-order valence-electron chi connectivity index (χ3n) is 7.32. The van der Waals surface area contributed by atoms with E-state index >= 15 is 0 Å². The summed E-state index contributed by atoms with van der Waals surface area (Å²) >= 11 is 0. The molecule has 5 atom stereocenters. The standard InChI is InChI=1S/C31H26O/c32-31-29-26-18-16-24(14-12-22-9-5-2-6-10-22)20-28(26)30(31)25-17-15-23(19-27(25)29)13-11-21-7-3-1-4-8-21/h1-9,11-20,22,26,28-30H,10H2/t22?,26?,28?,29-,30-/m1/s1. The molecule has 1 fully saturated rings. The largest absolute Gasteiger partial charge is 0.298 e. The second kappa shape index (κ2) is 7.91. The second-order valence-corrected chi connectivity index (χ2v) is 9.24. The number of rotatable bonds is 4. The molecule has 0 radical (unpaired) electrons. The molecule has 0 aliphatic heterocycles. The average molecular weight is 415 g/mol. The van der Waals surface area contributed by atoms with Crippen molar-refractivity contribution < 1.29 is 4.79 Å². The first kappa shape index (κ1) is 19.3. The van der Waals surface area contributed by atoms with E-state index in [4.69, 9.17) is 0 Å². The van der Waals surface area contributed by atoms with Crippen LogP contribution in [-0.2, 0) is 4.79 Å².